The summed E-state index contributed by atoms with van der Waals surface area (Å²) in [5.41, 5.74) is 0.571. The molecule has 2 unspecified atom stereocenters. The Morgan fingerprint density at radius 2 is 1.67 bits per heavy atom. The molecule has 0 spiro atoms. The summed E-state index contributed by atoms with van der Waals surface area (Å²) in [5.74, 6) is 1.16. The van der Waals surface area contributed by atoms with Crippen LogP contribution < -0.4 is 0 Å². The van der Waals surface area contributed by atoms with E-state index >= 15 is 0 Å². The van der Waals surface area contributed by atoms with Crippen molar-refractivity contribution in [2.75, 3.05) is 19.6 Å². The highest BCUT2D eigenvalue weighted by molar-refractivity contribution is 7.89. The fraction of sp³-hybridized carbons (Fsp3) is 0.667. The van der Waals surface area contributed by atoms with E-state index in [1.165, 1.54) is 0 Å². The van der Waals surface area contributed by atoms with E-state index in [2.05, 4.69) is 27.7 Å². The van der Waals surface area contributed by atoms with Gasteiger partial charge in [0, 0.05) is 31.2 Å². The first-order valence-corrected chi connectivity index (χ1v) is 11.5. The minimum absolute atomic E-state index is 0.00960. The normalized spacial score (nSPS) is 24.2. The lowest BCUT2D eigenvalue weighted by atomic mass is 9.94. The third-order valence-corrected chi connectivity index (χ3v) is 7.23. The summed E-state index contributed by atoms with van der Waals surface area (Å²) in [6.45, 7) is 10.3. The van der Waals surface area contributed by atoms with Crippen LogP contribution in [0.4, 0.5) is 0 Å². The van der Waals surface area contributed by atoms with Gasteiger partial charge in [0.25, 0.3) is 5.91 Å². The zero-order valence-electron chi connectivity index (χ0n) is 16.9. The molecule has 1 aromatic rings. The standard InChI is InChI=1S/C21H32N2O3S/c1-15(2)12-23(19-7-8-19)21(24)18-5-9-20(10-6-18)27(25,26)22-13-16(3)11-17(4)14-22/h5-6,9-10,15-17,19H,7-8,11-14H2,1-4H3. The van der Waals surface area contributed by atoms with E-state index in [1.54, 1.807) is 28.6 Å². The van der Waals surface area contributed by atoms with Crippen LogP contribution in [0.5, 0.6) is 0 Å². The van der Waals surface area contributed by atoms with E-state index in [1.807, 2.05) is 4.90 Å². The van der Waals surface area contributed by atoms with Crippen LogP contribution in [0.25, 0.3) is 0 Å². The summed E-state index contributed by atoms with van der Waals surface area (Å²) in [4.78, 5) is 15.1. The molecule has 1 amide bonds. The van der Waals surface area contributed by atoms with Crippen molar-refractivity contribution in [2.45, 2.75) is 57.9 Å². The highest BCUT2D eigenvalue weighted by atomic mass is 32.2. The maximum atomic E-state index is 13.0. The van der Waals surface area contributed by atoms with Crippen molar-refractivity contribution < 1.29 is 13.2 Å². The Bertz CT molecular complexity index is 759. The van der Waals surface area contributed by atoms with Gasteiger partial charge < -0.3 is 4.90 Å². The predicted molar refractivity (Wildman–Crippen MR) is 107 cm³/mol. The number of amides is 1. The van der Waals surface area contributed by atoms with E-state index in [9.17, 15) is 13.2 Å². The average molecular weight is 393 g/mol. The first-order valence-electron chi connectivity index (χ1n) is 10.1. The number of hydrogen-bond donors (Lipinski definition) is 0. The summed E-state index contributed by atoms with van der Waals surface area (Å²) in [6.07, 6.45) is 3.19. The Hall–Kier alpha value is -1.40. The first-order chi connectivity index (χ1) is 12.7. The number of piperidine rings is 1. The molecule has 1 aliphatic carbocycles. The highest BCUT2D eigenvalue weighted by Crippen LogP contribution is 2.30. The maximum absolute atomic E-state index is 13.0. The van der Waals surface area contributed by atoms with Crippen LogP contribution in [0, 0.1) is 17.8 Å². The van der Waals surface area contributed by atoms with Crippen molar-refractivity contribution in [3.8, 4) is 0 Å². The van der Waals surface area contributed by atoms with Crippen molar-refractivity contribution >= 4 is 15.9 Å². The van der Waals surface area contributed by atoms with Crippen LogP contribution in [0.3, 0.4) is 0 Å². The van der Waals surface area contributed by atoms with Crippen molar-refractivity contribution in [1.29, 1.82) is 0 Å². The molecule has 2 atom stereocenters. The molecule has 1 saturated carbocycles. The van der Waals surface area contributed by atoms with Crippen LogP contribution in [-0.2, 0) is 10.0 Å². The van der Waals surface area contributed by atoms with Crippen LogP contribution in [0.15, 0.2) is 29.2 Å². The summed E-state index contributed by atoms with van der Waals surface area (Å²) in [5, 5.41) is 0. The lowest BCUT2D eigenvalue weighted by Gasteiger charge is -2.34. The van der Waals surface area contributed by atoms with Gasteiger partial charge in [-0.25, -0.2) is 8.42 Å². The van der Waals surface area contributed by atoms with Crippen molar-refractivity contribution in [2.24, 2.45) is 17.8 Å². The van der Waals surface area contributed by atoms with E-state index in [0.717, 1.165) is 25.8 Å². The maximum Gasteiger partial charge on any atom is 0.254 e. The molecule has 0 N–H and O–H groups in total. The highest BCUT2D eigenvalue weighted by Gasteiger charge is 2.34. The third kappa shape index (κ3) is 4.72. The van der Waals surface area contributed by atoms with Gasteiger partial charge >= 0.3 is 0 Å². The molecule has 1 heterocycles. The van der Waals surface area contributed by atoms with E-state index < -0.39 is 10.0 Å². The van der Waals surface area contributed by atoms with Gasteiger partial charge in [-0.3, -0.25) is 4.79 Å². The van der Waals surface area contributed by atoms with Gasteiger partial charge in [0.2, 0.25) is 10.0 Å². The van der Waals surface area contributed by atoms with E-state index in [4.69, 9.17) is 0 Å². The Labute approximate surface area is 163 Å². The average Bonchev–Trinajstić information content (AvgIpc) is 3.43. The molecule has 2 aliphatic rings. The number of sulfonamides is 1. The fourth-order valence-corrected chi connectivity index (χ4v) is 5.74. The zero-order valence-corrected chi connectivity index (χ0v) is 17.7. The first kappa shape index (κ1) is 20.3. The molecule has 27 heavy (non-hydrogen) atoms. The smallest absolute Gasteiger partial charge is 0.254 e. The van der Waals surface area contributed by atoms with Crippen molar-refractivity contribution in [3.63, 3.8) is 0 Å². The zero-order chi connectivity index (χ0) is 19.8. The summed E-state index contributed by atoms with van der Waals surface area (Å²) >= 11 is 0. The lowest BCUT2D eigenvalue weighted by molar-refractivity contribution is 0.0722. The summed E-state index contributed by atoms with van der Waals surface area (Å²) in [7, 11) is -3.51. The molecule has 2 fully saturated rings. The molecule has 1 saturated heterocycles. The number of carbonyl (C=O) groups is 1. The molecule has 1 aromatic carbocycles. The number of benzene rings is 1. The van der Waals surface area contributed by atoms with E-state index in [-0.39, 0.29) is 10.8 Å². The lowest BCUT2D eigenvalue weighted by Crippen LogP contribution is -2.42. The van der Waals surface area contributed by atoms with Gasteiger partial charge in [-0.2, -0.15) is 4.31 Å². The number of rotatable bonds is 6. The molecule has 6 heteroatoms. The molecular weight excluding hydrogens is 360 g/mol. The third-order valence-electron chi connectivity index (χ3n) is 5.38. The number of hydrogen-bond acceptors (Lipinski definition) is 3. The predicted octanol–water partition coefficient (Wildman–Crippen LogP) is 3.61. The molecule has 0 radical (unpaired) electrons. The summed E-state index contributed by atoms with van der Waals surface area (Å²) in [6, 6.07) is 6.86. The minimum atomic E-state index is -3.51. The molecule has 0 aromatic heterocycles. The topological polar surface area (TPSA) is 57.7 Å². The second-order valence-electron chi connectivity index (χ2n) is 8.87. The van der Waals surface area contributed by atoms with Crippen LogP contribution in [0.1, 0.15) is 57.3 Å². The van der Waals surface area contributed by atoms with Gasteiger partial charge in [0.15, 0.2) is 0 Å². The molecule has 5 nitrogen and oxygen atoms in total. The van der Waals surface area contributed by atoms with Gasteiger partial charge in [0.1, 0.15) is 0 Å². The van der Waals surface area contributed by atoms with Gasteiger partial charge in [-0.05, 0) is 61.3 Å². The van der Waals surface area contributed by atoms with E-state index in [0.29, 0.717) is 42.4 Å². The molecular formula is C21H32N2O3S. The molecule has 0 bridgehead atoms. The SMILES string of the molecule is CC(C)CN(C(=O)c1ccc(S(=O)(=O)N2CC(C)CC(C)C2)cc1)C1CC1. The monoisotopic (exact) mass is 392 g/mol. The Kier molecular flexibility index (Phi) is 5.96. The Morgan fingerprint density at radius 1 is 1.11 bits per heavy atom. The van der Waals surface area contributed by atoms with Crippen LogP contribution in [-0.4, -0.2) is 49.2 Å². The second kappa shape index (κ2) is 7.92. The van der Waals surface area contributed by atoms with Gasteiger partial charge in [0.05, 0.1) is 4.90 Å². The molecule has 150 valence electrons. The fourth-order valence-electron chi connectivity index (χ4n) is 4.06. The minimum Gasteiger partial charge on any atom is -0.335 e. The van der Waals surface area contributed by atoms with Crippen molar-refractivity contribution in [3.05, 3.63) is 29.8 Å². The number of carbonyl (C=O) groups excluding carboxylic acids is 1. The largest absolute Gasteiger partial charge is 0.335 e. The second-order valence-corrected chi connectivity index (χ2v) is 10.8. The molecule has 3 rings (SSSR count). The quantitative estimate of drug-likeness (QED) is 0.743. The molecule has 1 aliphatic heterocycles. The number of nitrogens with zero attached hydrogens (tertiary/aromatic N) is 2. The Balaban J connectivity index is 1.77. The van der Waals surface area contributed by atoms with Gasteiger partial charge in [-0.15, -0.1) is 0 Å². The summed E-state index contributed by atoms with van der Waals surface area (Å²) < 4.78 is 27.6. The van der Waals surface area contributed by atoms with Crippen LogP contribution in [0.2, 0.25) is 0 Å². The Morgan fingerprint density at radius 3 is 2.15 bits per heavy atom. The van der Waals surface area contributed by atoms with Crippen LogP contribution >= 0.6 is 0 Å². The van der Waals surface area contributed by atoms with Crippen molar-refractivity contribution in [1.82, 2.24) is 9.21 Å². The van der Waals surface area contributed by atoms with Gasteiger partial charge in [-0.1, -0.05) is 27.7 Å².